The summed E-state index contributed by atoms with van der Waals surface area (Å²) < 4.78 is 5.09. The van der Waals surface area contributed by atoms with Gasteiger partial charge >= 0.3 is 5.97 Å². The fourth-order valence-electron chi connectivity index (χ4n) is 3.06. The number of aromatic nitrogens is 2. The number of hydrogen-bond donors (Lipinski definition) is 2. The van der Waals surface area contributed by atoms with Crippen LogP contribution in [0, 0.1) is 0 Å². The van der Waals surface area contributed by atoms with Gasteiger partial charge in [-0.05, 0) is 48.9 Å². The molecule has 5 heteroatoms. The molecule has 27 heavy (non-hydrogen) atoms. The number of esters is 1. The summed E-state index contributed by atoms with van der Waals surface area (Å²) in [6, 6.07) is 17.6. The van der Waals surface area contributed by atoms with Gasteiger partial charge in [0.2, 0.25) is 0 Å². The first kappa shape index (κ1) is 16.8. The molecular weight excluding hydrogens is 338 g/mol. The number of nitrogens with zero attached hydrogens (tertiary/aromatic N) is 1. The molecule has 0 bridgehead atoms. The topological polar surface area (TPSA) is 70.2 Å². The number of rotatable bonds is 5. The SMILES string of the molecule is CCOC(=O)c1ccc(/C(=C2\C=CC(c3ccc[nH]3)=N2)c2ccccc2)[nH]1. The summed E-state index contributed by atoms with van der Waals surface area (Å²) in [5, 5.41) is 0. The Morgan fingerprint density at radius 1 is 1.00 bits per heavy atom. The third kappa shape index (κ3) is 3.40. The summed E-state index contributed by atoms with van der Waals surface area (Å²) in [7, 11) is 0. The fourth-order valence-corrected chi connectivity index (χ4v) is 3.06. The van der Waals surface area contributed by atoms with Crippen LogP contribution in [0.2, 0.25) is 0 Å². The minimum Gasteiger partial charge on any atom is -0.461 e. The third-order valence-corrected chi connectivity index (χ3v) is 4.28. The fraction of sp³-hybridized carbons (Fsp3) is 0.0909. The molecule has 2 aromatic heterocycles. The van der Waals surface area contributed by atoms with Crippen molar-refractivity contribution in [3.8, 4) is 0 Å². The summed E-state index contributed by atoms with van der Waals surface area (Å²) in [4.78, 5) is 23.2. The lowest BCUT2D eigenvalue weighted by molar-refractivity contribution is 0.0520. The summed E-state index contributed by atoms with van der Waals surface area (Å²) in [6.45, 7) is 2.13. The van der Waals surface area contributed by atoms with E-state index in [9.17, 15) is 4.79 Å². The maximum absolute atomic E-state index is 12.0. The van der Waals surface area contributed by atoms with Gasteiger partial charge in [0.25, 0.3) is 0 Å². The van der Waals surface area contributed by atoms with Crippen LogP contribution >= 0.6 is 0 Å². The van der Waals surface area contributed by atoms with Gasteiger partial charge in [0, 0.05) is 17.5 Å². The molecule has 0 aliphatic carbocycles. The molecule has 0 amide bonds. The molecule has 134 valence electrons. The summed E-state index contributed by atoms with van der Waals surface area (Å²) >= 11 is 0. The predicted octanol–water partition coefficient (Wildman–Crippen LogP) is 4.34. The van der Waals surface area contributed by atoms with Crippen LogP contribution in [0.5, 0.6) is 0 Å². The number of aliphatic imine (C=N–C) groups is 1. The van der Waals surface area contributed by atoms with Crippen molar-refractivity contribution in [2.24, 2.45) is 4.99 Å². The van der Waals surface area contributed by atoms with E-state index in [4.69, 9.17) is 9.73 Å². The molecule has 3 aromatic rings. The number of carbonyl (C=O) groups excluding carboxylic acids is 1. The van der Waals surface area contributed by atoms with Crippen LogP contribution in [0.1, 0.15) is 34.4 Å². The summed E-state index contributed by atoms with van der Waals surface area (Å²) in [6.07, 6.45) is 5.85. The normalized spacial score (nSPS) is 14.9. The molecule has 1 aromatic carbocycles. The Labute approximate surface area is 157 Å². The largest absolute Gasteiger partial charge is 0.461 e. The Bertz CT molecular complexity index is 1040. The zero-order chi connectivity index (χ0) is 18.6. The smallest absolute Gasteiger partial charge is 0.354 e. The monoisotopic (exact) mass is 357 g/mol. The highest BCUT2D eigenvalue weighted by atomic mass is 16.5. The molecule has 2 N–H and O–H groups in total. The minimum atomic E-state index is -0.362. The molecule has 0 saturated carbocycles. The predicted molar refractivity (Wildman–Crippen MR) is 106 cm³/mol. The average Bonchev–Trinajstić information content (AvgIpc) is 3.45. The first-order valence-electron chi connectivity index (χ1n) is 8.83. The van der Waals surface area contributed by atoms with Crippen molar-refractivity contribution in [3.05, 3.63) is 101 Å². The molecule has 1 aliphatic rings. The van der Waals surface area contributed by atoms with Crippen molar-refractivity contribution in [2.75, 3.05) is 6.61 Å². The highest BCUT2D eigenvalue weighted by Crippen LogP contribution is 2.30. The van der Waals surface area contributed by atoms with E-state index in [-0.39, 0.29) is 5.97 Å². The van der Waals surface area contributed by atoms with Gasteiger partial charge in [0.15, 0.2) is 0 Å². The van der Waals surface area contributed by atoms with Gasteiger partial charge in [0.1, 0.15) is 5.69 Å². The quantitative estimate of drug-likeness (QED) is 0.667. The number of benzene rings is 1. The molecule has 0 saturated heterocycles. The number of aromatic amines is 2. The van der Waals surface area contributed by atoms with E-state index >= 15 is 0 Å². The number of nitrogens with one attached hydrogen (secondary N) is 2. The third-order valence-electron chi connectivity index (χ3n) is 4.28. The maximum Gasteiger partial charge on any atom is 0.354 e. The van der Waals surface area contributed by atoms with Crippen molar-refractivity contribution in [3.63, 3.8) is 0 Å². The number of H-pyrrole nitrogens is 2. The Morgan fingerprint density at radius 2 is 1.81 bits per heavy atom. The molecule has 3 heterocycles. The Hall–Kier alpha value is -3.60. The van der Waals surface area contributed by atoms with Crippen LogP contribution in [0.3, 0.4) is 0 Å². The highest BCUT2D eigenvalue weighted by molar-refractivity contribution is 6.11. The van der Waals surface area contributed by atoms with Gasteiger partial charge < -0.3 is 14.7 Å². The molecular formula is C22H19N3O2. The van der Waals surface area contributed by atoms with Crippen LogP contribution in [0.4, 0.5) is 0 Å². The van der Waals surface area contributed by atoms with E-state index < -0.39 is 0 Å². The summed E-state index contributed by atoms with van der Waals surface area (Å²) in [5.74, 6) is -0.362. The van der Waals surface area contributed by atoms with Crippen molar-refractivity contribution in [2.45, 2.75) is 6.92 Å². The van der Waals surface area contributed by atoms with E-state index in [1.54, 1.807) is 13.0 Å². The average molecular weight is 357 g/mol. The second-order valence-corrected chi connectivity index (χ2v) is 6.05. The van der Waals surface area contributed by atoms with Crippen LogP contribution in [0.25, 0.3) is 5.57 Å². The maximum atomic E-state index is 12.0. The van der Waals surface area contributed by atoms with Crippen molar-refractivity contribution >= 4 is 17.3 Å². The van der Waals surface area contributed by atoms with Gasteiger partial charge in [-0.1, -0.05) is 30.3 Å². The Kier molecular flexibility index (Phi) is 4.58. The van der Waals surface area contributed by atoms with E-state index in [1.165, 1.54) is 0 Å². The van der Waals surface area contributed by atoms with Gasteiger partial charge in [-0.2, -0.15) is 0 Å². The van der Waals surface area contributed by atoms with Crippen LogP contribution in [-0.4, -0.2) is 28.3 Å². The Balaban J connectivity index is 1.80. The molecule has 0 radical (unpaired) electrons. The second-order valence-electron chi connectivity index (χ2n) is 6.05. The first-order valence-corrected chi connectivity index (χ1v) is 8.83. The van der Waals surface area contributed by atoms with Crippen molar-refractivity contribution in [1.82, 2.24) is 9.97 Å². The van der Waals surface area contributed by atoms with Crippen molar-refractivity contribution in [1.29, 1.82) is 0 Å². The summed E-state index contributed by atoms with van der Waals surface area (Å²) in [5.41, 5.74) is 5.88. The van der Waals surface area contributed by atoms with Gasteiger partial charge in [-0.15, -0.1) is 0 Å². The lowest BCUT2D eigenvalue weighted by atomic mass is 10.0. The molecule has 0 spiro atoms. The second kappa shape index (κ2) is 7.33. The van der Waals surface area contributed by atoms with Crippen molar-refractivity contribution < 1.29 is 9.53 Å². The first-order chi connectivity index (χ1) is 13.3. The number of ether oxygens (including phenoxy) is 1. The Morgan fingerprint density at radius 3 is 2.56 bits per heavy atom. The van der Waals surface area contributed by atoms with E-state index in [2.05, 4.69) is 9.97 Å². The number of carbonyl (C=O) groups is 1. The zero-order valence-corrected chi connectivity index (χ0v) is 14.9. The van der Waals surface area contributed by atoms with Crippen LogP contribution in [0.15, 0.2) is 83.6 Å². The van der Waals surface area contributed by atoms with Gasteiger partial charge in [0.05, 0.1) is 23.7 Å². The molecule has 0 fully saturated rings. The van der Waals surface area contributed by atoms with Crippen LogP contribution in [-0.2, 0) is 4.74 Å². The lowest BCUT2D eigenvalue weighted by Gasteiger charge is -2.08. The van der Waals surface area contributed by atoms with Gasteiger partial charge in [-0.3, -0.25) is 0 Å². The molecule has 0 unspecified atom stereocenters. The molecule has 4 rings (SSSR count). The van der Waals surface area contributed by atoms with E-state index in [0.29, 0.717) is 12.3 Å². The minimum absolute atomic E-state index is 0.340. The lowest BCUT2D eigenvalue weighted by Crippen LogP contribution is -2.05. The van der Waals surface area contributed by atoms with Crippen LogP contribution < -0.4 is 0 Å². The zero-order valence-electron chi connectivity index (χ0n) is 14.9. The number of hydrogen-bond acceptors (Lipinski definition) is 3. The molecule has 0 atom stereocenters. The van der Waals surface area contributed by atoms with E-state index in [1.807, 2.05) is 66.9 Å². The van der Waals surface area contributed by atoms with E-state index in [0.717, 1.165) is 33.9 Å². The van der Waals surface area contributed by atoms with Gasteiger partial charge in [-0.25, -0.2) is 9.79 Å². The number of allylic oxidation sites excluding steroid dienone is 2. The standard InChI is InChI=1S/C22H19N3O2/c1-2-27-22(26)20-13-12-19(25-20)21(15-7-4-3-5-8-15)18-11-10-17(24-18)16-9-6-14-23-16/h3-14,23,25H,2H2,1H3/b21-18+. The molecule has 1 aliphatic heterocycles. The highest BCUT2D eigenvalue weighted by Gasteiger charge is 2.18. The molecule has 5 nitrogen and oxygen atoms in total.